The molecule has 0 radical (unpaired) electrons. The molecule has 27 heavy (non-hydrogen) atoms. The Morgan fingerprint density at radius 1 is 1.07 bits per heavy atom. The molecular formula is C25H41NO. The molecule has 2 rings (SSSR count). The van der Waals surface area contributed by atoms with Crippen LogP contribution in [0.25, 0.3) is 0 Å². The average molecular weight is 372 g/mol. The Hall–Kier alpha value is -1.31. The Bertz CT molecular complexity index is 621. The van der Waals surface area contributed by atoms with Crippen molar-refractivity contribution in [3.05, 3.63) is 29.3 Å². The lowest BCUT2D eigenvalue weighted by Crippen LogP contribution is -2.36. The second kappa shape index (κ2) is 9.75. The monoisotopic (exact) mass is 371 g/mol. The Morgan fingerprint density at radius 3 is 2.33 bits per heavy atom. The molecule has 1 saturated carbocycles. The molecule has 1 N–H and O–H groups in total. The van der Waals surface area contributed by atoms with E-state index in [1.165, 1.54) is 24.0 Å². The molecule has 1 fully saturated rings. The van der Waals surface area contributed by atoms with Gasteiger partial charge in [-0.3, -0.25) is 4.79 Å². The Labute approximate surface area is 167 Å². The first kappa shape index (κ1) is 22.0. The van der Waals surface area contributed by atoms with Gasteiger partial charge in [0.25, 0.3) is 0 Å². The summed E-state index contributed by atoms with van der Waals surface area (Å²) in [5, 5.41) is 3.35. The minimum absolute atomic E-state index is 0.146. The minimum Gasteiger partial charge on any atom is -0.326 e. The van der Waals surface area contributed by atoms with Crippen LogP contribution in [-0.4, -0.2) is 5.91 Å². The molecule has 1 aliphatic carbocycles. The molecule has 152 valence electrons. The van der Waals surface area contributed by atoms with Crippen LogP contribution >= 0.6 is 0 Å². The van der Waals surface area contributed by atoms with Gasteiger partial charge in [-0.15, -0.1) is 0 Å². The molecule has 0 saturated heterocycles. The fourth-order valence-electron chi connectivity index (χ4n) is 4.59. The van der Waals surface area contributed by atoms with Crippen LogP contribution in [0.2, 0.25) is 0 Å². The first-order valence-corrected chi connectivity index (χ1v) is 11.2. The van der Waals surface area contributed by atoms with Crippen molar-refractivity contribution in [2.45, 2.75) is 92.4 Å². The summed E-state index contributed by atoms with van der Waals surface area (Å²) in [4.78, 5) is 13.3. The van der Waals surface area contributed by atoms with E-state index in [-0.39, 0.29) is 11.8 Å². The van der Waals surface area contributed by atoms with Gasteiger partial charge in [-0.05, 0) is 72.5 Å². The van der Waals surface area contributed by atoms with E-state index in [1.54, 1.807) is 0 Å². The number of amides is 1. The molecule has 1 amide bonds. The highest BCUT2D eigenvalue weighted by atomic mass is 16.1. The molecule has 5 unspecified atom stereocenters. The van der Waals surface area contributed by atoms with Crippen LogP contribution in [0, 0.1) is 23.7 Å². The molecule has 2 heteroatoms. The van der Waals surface area contributed by atoms with Gasteiger partial charge < -0.3 is 5.32 Å². The highest BCUT2D eigenvalue weighted by Crippen LogP contribution is 2.39. The highest BCUT2D eigenvalue weighted by molar-refractivity contribution is 5.93. The molecule has 2 nitrogen and oxygen atoms in total. The normalized spacial score (nSPS) is 25.3. The van der Waals surface area contributed by atoms with E-state index in [4.69, 9.17) is 0 Å². The van der Waals surface area contributed by atoms with Crippen LogP contribution in [-0.2, 0) is 4.79 Å². The smallest absolute Gasteiger partial charge is 0.227 e. The predicted octanol–water partition coefficient (Wildman–Crippen LogP) is 7.36. The van der Waals surface area contributed by atoms with Crippen molar-refractivity contribution in [3.8, 4) is 0 Å². The van der Waals surface area contributed by atoms with Crippen LogP contribution in [0.15, 0.2) is 18.2 Å². The van der Waals surface area contributed by atoms with Gasteiger partial charge in [-0.1, -0.05) is 67.0 Å². The maximum Gasteiger partial charge on any atom is 0.227 e. The third kappa shape index (κ3) is 5.36. The third-order valence-electron chi connectivity index (χ3n) is 7.02. The summed E-state index contributed by atoms with van der Waals surface area (Å²) in [6, 6.07) is 6.69. The highest BCUT2D eigenvalue weighted by Gasteiger charge is 2.35. The van der Waals surface area contributed by atoms with Crippen LogP contribution in [0.5, 0.6) is 0 Å². The molecule has 0 aromatic heterocycles. The Balaban J connectivity index is 2.27. The number of carbonyl (C=O) groups excluding carboxylic acids is 1. The lowest BCUT2D eigenvalue weighted by Gasteiger charge is -2.36. The van der Waals surface area contributed by atoms with Crippen molar-refractivity contribution in [1.29, 1.82) is 0 Å². The molecule has 0 spiro atoms. The van der Waals surface area contributed by atoms with Crippen LogP contribution in [0.3, 0.4) is 0 Å². The standard InChI is InChI=1S/C25H41NO/c1-8-18(6)20-11-13-24(22(15-20)19(7)9-2)26-25(27)23-14-17(5)10-12-21(23)16(3)4/h11,13,15-19,21,23H,8-10,12,14H2,1-7H3,(H,26,27). The summed E-state index contributed by atoms with van der Waals surface area (Å²) in [5.74, 6) is 3.12. The second-order valence-corrected chi connectivity index (χ2v) is 9.39. The number of hydrogen-bond donors (Lipinski definition) is 1. The van der Waals surface area contributed by atoms with E-state index in [0.29, 0.717) is 29.6 Å². The minimum atomic E-state index is 0.146. The molecule has 0 aliphatic heterocycles. The van der Waals surface area contributed by atoms with Crippen molar-refractivity contribution in [1.82, 2.24) is 0 Å². The summed E-state index contributed by atoms with van der Waals surface area (Å²) in [7, 11) is 0. The topological polar surface area (TPSA) is 29.1 Å². The molecule has 1 aromatic carbocycles. The zero-order chi connectivity index (χ0) is 20.1. The number of carbonyl (C=O) groups is 1. The zero-order valence-electron chi connectivity index (χ0n) is 18.6. The van der Waals surface area contributed by atoms with E-state index in [1.807, 2.05) is 0 Å². The first-order chi connectivity index (χ1) is 12.8. The van der Waals surface area contributed by atoms with Crippen molar-refractivity contribution < 1.29 is 4.79 Å². The van der Waals surface area contributed by atoms with Crippen molar-refractivity contribution in [2.75, 3.05) is 5.32 Å². The molecule has 0 bridgehead atoms. The summed E-state index contributed by atoms with van der Waals surface area (Å²) in [6.45, 7) is 15.8. The van der Waals surface area contributed by atoms with Crippen LogP contribution < -0.4 is 5.32 Å². The molecule has 5 atom stereocenters. The maximum absolute atomic E-state index is 13.3. The quantitative estimate of drug-likeness (QED) is 0.533. The van der Waals surface area contributed by atoms with Crippen molar-refractivity contribution in [3.63, 3.8) is 0 Å². The van der Waals surface area contributed by atoms with Crippen LogP contribution in [0.1, 0.15) is 104 Å². The molecule has 0 heterocycles. The fraction of sp³-hybridized carbons (Fsp3) is 0.720. The number of rotatable bonds is 7. The Morgan fingerprint density at radius 2 is 1.74 bits per heavy atom. The first-order valence-electron chi connectivity index (χ1n) is 11.2. The van der Waals surface area contributed by atoms with E-state index >= 15 is 0 Å². The molecule has 1 aromatic rings. The van der Waals surface area contributed by atoms with Gasteiger partial charge in [0.15, 0.2) is 0 Å². The van der Waals surface area contributed by atoms with Gasteiger partial charge in [0.1, 0.15) is 0 Å². The Kier molecular flexibility index (Phi) is 7.94. The second-order valence-electron chi connectivity index (χ2n) is 9.39. The van der Waals surface area contributed by atoms with Crippen molar-refractivity contribution >= 4 is 11.6 Å². The predicted molar refractivity (Wildman–Crippen MR) is 117 cm³/mol. The van der Waals surface area contributed by atoms with E-state index < -0.39 is 0 Å². The summed E-state index contributed by atoms with van der Waals surface area (Å²) in [5.41, 5.74) is 3.72. The number of benzene rings is 1. The van der Waals surface area contributed by atoms with Gasteiger partial charge in [0, 0.05) is 11.6 Å². The fourth-order valence-corrected chi connectivity index (χ4v) is 4.59. The zero-order valence-corrected chi connectivity index (χ0v) is 18.6. The van der Waals surface area contributed by atoms with E-state index in [0.717, 1.165) is 24.9 Å². The average Bonchev–Trinajstić information content (AvgIpc) is 2.66. The maximum atomic E-state index is 13.3. The van der Waals surface area contributed by atoms with Gasteiger partial charge >= 0.3 is 0 Å². The summed E-state index contributed by atoms with van der Waals surface area (Å²) < 4.78 is 0. The van der Waals surface area contributed by atoms with Gasteiger partial charge in [0.05, 0.1) is 0 Å². The van der Waals surface area contributed by atoms with Gasteiger partial charge in [-0.2, -0.15) is 0 Å². The van der Waals surface area contributed by atoms with Gasteiger partial charge in [0.2, 0.25) is 5.91 Å². The molecule has 1 aliphatic rings. The molecular weight excluding hydrogens is 330 g/mol. The van der Waals surface area contributed by atoms with E-state index in [2.05, 4.69) is 72.0 Å². The van der Waals surface area contributed by atoms with E-state index in [9.17, 15) is 4.79 Å². The lowest BCUT2D eigenvalue weighted by molar-refractivity contribution is -0.124. The SMILES string of the molecule is CCC(C)c1ccc(NC(=O)C2CC(C)CCC2C(C)C)c(C(C)CC)c1. The van der Waals surface area contributed by atoms with Crippen LogP contribution in [0.4, 0.5) is 5.69 Å². The summed E-state index contributed by atoms with van der Waals surface area (Å²) in [6.07, 6.45) is 5.69. The van der Waals surface area contributed by atoms with Crippen molar-refractivity contribution in [2.24, 2.45) is 23.7 Å². The summed E-state index contributed by atoms with van der Waals surface area (Å²) >= 11 is 0. The lowest BCUT2D eigenvalue weighted by atomic mass is 9.69. The number of hydrogen-bond acceptors (Lipinski definition) is 1. The third-order valence-corrected chi connectivity index (χ3v) is 7.02. The van der Waals surface area contributed by atoms with Gasteiger partial charge in [-0.25, -0.2) is 0 Å². The number of nitrogens with one attached hydrogen (secondary N) is 1. The largest absolute Gasteiger partial charge is 0.326 e. The number of anilines is 1.